The van der Waals surface area contributed by atoms with Gasteiger partial charge in [0.1, 0.15) is 0 Å². The molecule has 0 aliphatic rings. The Hall–Kier alpha value is -2.10. The first-order chi connectivity index (χ1) is 8.97. The molecule has 1 aromatic carbocycles. The monoisotopic (exact) mass is 257 g/mol. The highest BCUT2D eigenvalue weighted by molar-refractivity contribution is 5.81. The smallest absolute Gasteiger partial charge is 0.225 e. The van der Waals surface area contributed by atoms with E-state index in [0.29, 0.717) is 6.54 Å². The minimum absolute atomic E-state index is 0.0416. The molecule has 0 saturated carbocycles. The number of rotatable bonds is 3. The van der Waals surface area contributed by atoms with Crippen molar-refractivity contribution in [3.05, 3.63) is 48.3 Å². The van der Waals surface area contributed by atoms with Crippen molar-refractivity contribution in [1.82, 2.24) is 15.1 Å². The molecule has 1 amide bonds. The first-order valence-corrected chi connectivity index (χ1v) is 6.34. The van der Waals surface area contributed by atoms with E-state index in [4.69, 9.17) is 0 Å². The zero-order valence-corrected chi connectivity index (χ0v) is 11.6. The molecule has 0 saturated heterocycles. The number of amides is 1. The van der Waals surface area contributed by atoms with E-state index in [-0.39, 0.29) is 11.3 Å². The van der Waals surface area contributed by atoms with Crippen LogP contribution in [0.15, 0.2) is 42.7 Å². The van der Waals surface area contributed by atoms with Crippen LogP contribution in [-0.4, -0.2) is 15.7 Å². The zero-order chi connectivity index (χ0) is 13.9. The number of carbonyl (C=O) groups is 1. The fourth-order valence-electron chi connectivity index (χ4n) is 1.62. The fraction of sp³-hybridized carbons (Fsp3) is 0.333. The number of aromatic nitrogens is 2. The van der Waals surface area contributed by atoms with Gasteiger partial charge in [-0.05, 0) is 12.1 Å². The minimum Gasteiger partial charge on any atom is -0.351 e. The van der Waals surface area contributed by atoms with Crippen LogP contribution in [0.1, 0.15) is 26.3 Å². The standard InChI is InChI=1S/C15H19N3O/c1-15(2,3)14(19)16-9-12-10-17-18(11-12)13-7-5-4-6-8-13/h4-8,10-11H,9H2,1-3H3,(H,16,19). The summed E-state index contributed by atoms with van der Waals surface area (Å²) < 4.78 is 1.80. The van der Waals surface area contributed by atoms with Crippen LogP contribution < -0.4 is 5.32 Å². The molecule has 0 aliphatic heterocycles. The van der Waals surface area contributed by atoms with Crippen molar-refractivity contribution in [2.45, 2.75) is 27.3 Å². The Kier molecular flexibility index (Phi) is 3.69. The van der Waals surface area contributed by atoms with Gasteiger partial charge in [0, 0.05) is 23.7 Å². The summed E-state index contributed by atoms with van der Waals surface area (Å²) in [5, 5.41) is 7.20. The van der Waals surface area contributed by atoms with E-state index >= 15 is 0 Å². The van der Waals surface area contributed by atoms with Crippen LogP contribution in [0, 0.1) is 5.41 Å². The molecule has 100 valence electrons. The lowest BCUT2D eigenvalue weighted by Gasteiger charge is -2.17. The van der Waals surface area contributed by atoms with E-state index in [1.807, 2.05) is 57.3 Å². The number of nitrogens with one attached hydrogen (secondary N) is 1. The van der Waals surface area contributed by atoms with Gasteiger partial charge in [-0.1, -0.05) is 39.0 Å². The summed E-state index contributed by atoms with van der Waals surface area (Å²) in [6.07, 6.45) is 3.70. The van der Waals surface area contributed by atoms with Crippen molar-refractivity contribution in [3.8, 4) is 5.69 Å². The molecule has 0 atom stereocenters. The quantitative estimate of drug-likeness (QED) is 0.918. The van der Waals surface area contributed by atoms with E-state index in [0.717, 1.165) is 11.3 Å². The number of hydrogen-bond acceptors (Lipinski definition) is 2. The van der Waals surface area contributed by atoms with Crippen LogP contribution in [0.25, 0.3) is 5.69 Å². The van der Waals surface area contributed by atoms with Crippen molar-refractivity contribution < 1.29 is 4.79 Å². The molecule has 19 heavy (non-hydrogen) atoms. The summed E-state index contributed by atoms with van der Waals surface area (Å²) in [6, 6.07) is 9.89. The fourth-order valence-corrected chi connectivity index (χ4v) is 1.62. The van der Waals surface area contributed by atoms with Crippen LogP contribution >= 0.6 is 0 Å². The second-order valence-electron chi connectivity index (χ2n) is 5.56. The molecule has 4 nitrogen and oxygen atoms in total. The molecule has 1 aromatic heterocycles. The molecule has 0 radical (unpaired) electrons. The zero-order valence-electron chi connectivity index (χ0n) is 11.6. The molecule has 0 bridgehead atoms. The summed E-state index contributed by atoms with van der Waals surface area (Å²) in [6.45, 7) is 6.20. The Balaban J connectivity index is 2.01. The molecule has 0 aliphatic carbocycles. The summed E-state index contributed by atoms with van der Waals surface area (Å²) in [4.78, 5) is 11.8. The van der Waals surface area contributed by atoms with Crippen LogP contribution in [0.4, 0.5) is 0 Å². The highest BCUT2D eigenvalue weighted by Crippen LogP contribution is 2.13. The van der Waals surface area contributed by atoms with E-state index < -0.39 is 0 Å². The first-order valence-electron chi connectivity index (χ1n) is 6.34. The minimum atomic E-state index is -0.366. The lowest BCUT2D eigenvalue weighted by molar-refractivity contribution is -0.128. The summed E-state index contributed by atoms with van der Waals surface area (Å²) in [7, 11) is 0. The van der Waals surface area contributed by atoms with E-state index in [2.05, 4.69) is 10.4 Å². The highest BCUT2D eigenvalue weighted by atomic mass is 16.2. The van der Waals surface area contributed by atoms with Gasteiger partial charge < -0.3 is 5.32 Å². The maximum Gasteiger partial charge on any atom is 0.225 e. The molecule has 0 unspecified atom stereocenters. The Labute approximate surface area is 113 Å². The van der Waals surface area contributed by atoms with Gasteiger partial charge in [0.05, 0.1) is 11.9 Å². The average Bonchev–Trinajstić information content (AvgIpc) is 2.84. The summed E-state index contributed by atoms with van der Waals surface area (Å²) >= 11 is 0. The third-order valence-electron chi connectivity index (χ3n) is 2.79. The Morgan fingerprint density at radius 2 is 1.95 bits per heavy atom. The topological polar surface area (TPSA) is 46.9 Å². The number of nitrogens with zero attached hydrogens (tertiary/aromatic N) is 2. The van der Waals surface area contributed by atoms with E-state index in [9.17, 15) is 4.79 Å². The van der Waals surface area contributed by atoms with Crippen LogP contribution in [-0.2, 0) is 11.3 Å². The van der Waals surface area contributed by atoms with Gasteiger partial charge in [-0.3, -0.25) is 4.79 Å². The third kappa shape index (κ3) is 3.44. The van der Waals surface area contributed by atoms with Gasteiger partial charge in [0.2, 0.25) is 5.91 Å². The van der Waals surface area contributed by atoms with Crippen molar-refractivity contribution in [1.29, 1.82) is 0 Å². The van der Waals surface area contributed by atoms with Crippen molar-refractivity contribution in [3.63, 3.8) is 0 Å². The Bertz CT molecular complexity index is 552. The van der Waals surface area contributed by atoms with Crippen molar-refractivity contribution in [2.24, 2.45) is 5.41 Å². The molecule has 0 fully saturated rings. The van der Waals surface area contributed by atoms with Gasteiger partial charge in [0.25, 0.3) is 0 Å². The summed E-state index contributed by atoms with van der Waals surface area (Å²) in [5.74, 6) is 0.0416. The number of hydrogen-bond donors (Lipinski definition) is 1. The van der Waals surface area contributed by atoms with Gasteiger partial charge >= 0.3 is 0 Å². The van der Waals surface area contributed by atoms with Crippen molar-refractivity contribution in [2.75, 3.05) is 0 Å². The highest BCUT2D eigenvalue weighted by Gasteiger charge is 2.20. The molecule has 1 heterocycles. The number of benzene rings is 1. The molecule has 4 heteroatoms. The second-order valence-corrected chi connectivity index (χ2v) is 5.56. The molecule has 1 N–H and O–H groups in total. The molecular formula is C15H19N3O. The van der Waals surface area contributed by atoms with Gasteiger partial charge in [0.15, 0.2) is 0 Å². The molecule has 2 rings (SSSR count). The average molecular weight is 257 g/mol. The third-order valence-corrected chi connectivity index (χ3v) is 2.79. The predicted molar refractivity (Wildman–Crippen MR) is 74.9 cm³/mol. The van der Waals surface area contributed by atoms with Crippen LogP contribution in [0.2, 0.25) is 0 Å². The Morgan fingerprint density at radius 3 is 2.58 bits per heavy atom. The first kappa shape index (κ1) is 13.3. The van der Waals surface area contributed by atoms with Gasteiger partial charge in [-0.15, -0.1) is 0 Å². The normalized spacial score (nSPS) is 11.3. The lowest BCUT2D eigenvalue weighted by atomic mass is 9.96. The van der Waals surface area contributed by atoms with E-state index in [1.165, 1.54) is 0 Å². The van der Waals surface area contributed by atoms with Crippen LogP contribution in [0.3, 0.4) is 0 Å². The van der Waals surface area contributed by atoms with Gasteiger partial charge in [-0.2, -0.15) is 5.10 Å². The van der Waals surface area contributed by atoms with Crippen molar-refractivity contribution >= 4 is 5.91 Å². The largest absolute Gasteiger partial charge is 0.351 e. The number of carbonyl (C=O) groups excluding carboxylic acids is 1. The number of para-hydroxylation sites is 1. The summed E-state index contributed by atoms with van der Waals surface area (Å²) in [5.41, 5.74) is 1.63. The van der Waals surface area contributed by atoms with Gasteiger partial charge in [-0.25, -0.2) is 4.68 Å². The lowest BCUT2D eigenvalue weighted by Crippen LogP contribution is -2.34. The van der Waals surface area contributed by atoms with E-state index in [1.54, 1.807) is 10.9 Å². The predicted octanol–water partition coefficient (Wildman–Crippen LogP) is 2.53. The SMILES string of the molecule is CC(C)(C)C(=O)NCc1cnn(-c2ccccc2)c1. The Morgan fingerprint density at radius 1 is 1.26 bits per heavy atom. The molecule has 2 aromatic rings. The second kappa shape index (κ2) is 5.26. The molecule has 0 spiro atoms. The maximum atomic E-state index is 11.8. The molecular weight excluding hydrogens is 238 g/mol. The maximum absolute atomic E-state index is 11.8. The van der Waals surface area contributed by atoms with Crippen LogP contribution in [0.5, 0.6) is 0 Å².